The van der Waals surface area contributed by atoms with Crippen molar-refractivity contribution < 1.29 is 0 Å². The fraction of sp³-hybridized carbons (Fsp3) is 0.250. The van der Waals surface area contributed by atoms with Gasteiger partial charge in [0.2, 0.25) is 0 Å². The molecule has 0 aliphatic carbocycles. The average molecular weight is 307 g/mol. The molecule has 2 rings (SSSR count). The zero-order valence-corrected chi connectivity index (χ0v) is 12.1. The molecule has 0 aliphatic rings. The van der Waals surface area contributed by atoms with Crippen molar-refractivity contribution in [2.75, 3.05) is 0 Å². The first-order chi connectivity index (χ1) is 8.09. The maximum absolute atomic E-state index is 6.45. The molecular formula is C12H10Cl3NS. The van der Waals surface area contributed by atoms with E-state index in [4.69, 9.17) is 34.8 Å². The molecule has 0 fully saturated rings. The van der Waals surface area contributed by atoms with Crippen LogP contribution >= 0.6 is 46.1 Å². The largest absolute Gasteiger partial charge is 0.265 e. The highest BCUT2D eigenvalue weighted by atomic mass is 35.5. The van der Waals surface area contributed by atoms with Crippen LogP contribution in [0.4, 0.5) is 0 Å². The minimum absolute atomic E-state index is 0.155. The molecule has 2 atom stereocenters. The molecule has 0 aliphatic heterocycles. The maximum atomic E-state index is 6.45. The third kappa shape index (κ3) is 2.94. The number of nitrogens with zero attached hydrogens (tertiary/aromatic N) is 1. The van der Waals surface area contributed by atoms with Gasteiger partial charge in [0.05, 0.1) is 14.0 Å². The molecule has 0 saturated carbocycles. The average Bonchev–Trinajstić information content (AvgIpc) is 2.68. The van der Waals surface area contributed by atoms with Crippen molar-refractivity contribution in [3.05, 3.63) is 50.4 Å². The minimum Gasteiger partial charge on any atom is -0.265 e. The third-order valence-corrected chi connectivity index (χ3v) is 4.78. The van der Waals surface area contributed by atoms with Gasteiger partial charge in [-0.1, -0.05) is 30.1 Å². The van der Waals surface area contributed by atoms with Crippen molar-refractivity contribution in [1.82, 2.24) is 4.98 Å². The summed E-state index contributed by atoms with van der Waals surface area (Å²) < 4.78 is 1.33. The Balaban J connectivity index is 2.26. The molecule has 0 radical (unpaired) electrons. The maximum Gasteiger partial charge on any atom is 0.0991 e. The molecule has 2 aromatic rings. The van der Waals surface area contributed by atoms with Gasteiger partial charge in [0.1, 0.15) is 0 Å². The number of thiophene rings is 1. The Kier molecular flexibility index (Phi) is 4.31. The quantitative estimate of drug-likeness (QED) is 0.679. The fourth-order valence-electron chi connectivity index (χ4n) is 1.65. The van der Waals surface area contributed by atoms with Crippen LogP contribution in [0.25, 0.3) is 0 Å². The molecule has 5 heteroatoms. The summed E-state index contributed by atoms with van der Waals surface area (Å²) in [7, 11) is 0. The van der Waals surface area contributed by atoms with Gasteiger partial charge >= 0.3 is 0 Å². The molecular weight excluding hydrogens is 297 g/mol. The number of pyridine rings is 1. The molecule has 0 saturated heterocycles. The zero-order valence-electron chi connectivity index (χ0n) is 9.03. The van der Waals surface area contributed by atoms with Crippen LogP contribution in [0.3, 0.4) is 0 Å². The number of hydrogen-bond acceptors (Lipinski definition) is 2. The zero-order chi connectivity index (χ0) is 12.4. The normalized spacial score (nSPS) is 14.6. The second kappa shape index (κ2) is 5.57. The SMILES string of the molecule is CC(c1ccncc1)C(Cl)c1cc(Cl)sc1Cl. The van der Waals surface area contributed by atoms with Crippen LogP contribution in [0.2, 0.25) is 8.67 Å². The van der Waals surface area contributed by atoms with Crippen molar-refractivity contribution in [3.63, 3.8) is 0 Å². The van der Waals surface area contributed by atoms with E-state index in [0.717, 1.165) is 11.1 Å². The van der Waals surface area contributed by atoms with Crippen molar-refractivity contribution in [2.45, 2.75) is 18.2 Å². The van der Waals surface area contributed by atoms with Crippen molar-refractivity contribution in [1.29, 1.82) is 0 Å². The molecule has 0 aromatic carbocycles. The summed E-state index contributed by atoms with van der Waals surface area (Å²) in [5.74, 6) is 0.155. The van der Waals surface area contributed by atoms with Crippen LogP contribution in [-0.2, 0) is 0 Å². The molecule has 2 unspecified atom stereocenters. The van der Waals surface area contributed by atoms with Crippen molar-refractivity contribution in [3.8, 4) is 0 Å². The van der Waals surface area contributed by atoms with Crippen LogP contribution in [0, 0.1) is 0 Å². The Hall–Kier alpha value is -0.280. The smallest absolute Gasteiger partial charge is 0.0991 e. The first-order valence-corrected chi connectivity index (χ1v) is 7.09. The molecule has 17 heavy (non-hydrogen) atoms. The van der Waals surface area contributed by atoms with E-state index in [-0.39, 0.29) is 11.3 Å². The summed E-state index contributed by atoms with van der Waals surface area (Å²) in [5.41, 5.74) is 2.03. The summed E-state index contributed by atoms with van der Waals surface area (Å²) in [6, 6.07) is 5.76. The van der Waals surface area contributed by atoms with Crippen LogP contribution in [0.5, 0.6) is 0 Å². The third-order valence-electron chi connectivity index (χ3n) is 2.65. The van der Waals surface area contributed by atoms with Gasteiger partial charge in [0.25, 0.3) is 0 Å². The lowest BCUT2D eigenvalue weighted by Crippen LogP contribution is -2.02. The lowest BCUT2D eigenvalue weighted by atomic mass is 9.95. The van der Waals surface area contributed by atoms with E-state index in [1.165, 1.54) is 11.3 Å². The van der Waals surface area contributed by atoms with Gasteiger partial charge in [-0.05, 0) is 23.8 Å². The Labute approximate surface area is 119 Å². The number of alkyl halides is 1. The van der Waals surface area contributed by atoms with Gasteiger partial charge in [-0.25, -0.2) is 0 Å². The van der Waals surface area contributed by atoms with E-state index in [1.807, 2.05) is 18.2 Å². The Bertz CT molecular complexity index is 498. The Morgan fingerprint density at radius 3 is 2.41 bits per heavy atom. The highest BCUT2D eigenvalue weighted by Gasteiger charge is 2.22. The van der Waals surface area contributed by atoms with Gasteiger partial charge in [-0.15, -0.1) is 22.9 Å². The number of aromatic nitrogens is 1. The molecule has 2 heterocycles. The molecule has 90 valence electrons. The van der Waals surface area contributed by atoms with E-state index in [9.17, 15) is 0 Å². The van der Waals surface area contributed by atoms with E-state index >= 15 is 0 Å². The summed E-state index contributed by atoms with van der Waals surface area (Å²) in [6.07, 6.45) is 3.52. The highest BCUT2D eigenvalue weighted by molar-refractivity contribution is 7.20. The number of rotatable bonds is 3. The van der Waals surface area contributed by atoms with Crippen molar-refractivity contribution >= 4 is 46.1 Å². The van der Waals surface area contributed by atoms with Gasteiger partial charge in [-0.2, -0.15) is 0 Å². The van der Waals surface area contributed by atoms with Gasteiger partial charge in [-0.3, -0.25) is 4.98 Å². The van der Waals surface area contributed by atoms with Gasteiger partial charge in [0, 0.05) is 23.9 Å². The van der Waals surface area contributed by atoms with Crippen LogP contribution in [0.1, 0.15) is 29.3 Å². The fourth-order valence-corrected chi connectivity index (χ4v) is 3.63. The summed E-state index contributed by atoms with van der Waals surface area (Å²) in [6.45, 7) is 2.06. The second-order valence-corrected chi connectivity index (χ2v) is 6.51. The predicted octanol–water partition coefficient (Wildman–Crippen LogP) is 5.53. The minimum atomic E-state index is -0.186. The first-order valence-electron chi connectivity index (χ1n) is 5.08. The predicted molar refractivity (Wildman–Crippen MR) is 75.6 cm³/mol. The number of hydrogen-bond donors (Lipinski definition) is 0. The standard InChI is InChI=1S/C12H10Cl3NS/c1-7(8-2-4-16-5-3-8)11(14)9-6-10(13)17-12(9)15/h2-7,11H,1H3. The molecule has 0 amide bonds. The molecule has 0 bridgehead atoms. The highest BCUT2D eigenvalue weighted by Crippen LogP contribution is 2.43. The summed E-state index contributed by atoms with van der Waals surface area (Å²) in [4.78, 5) is 3.99. The van der Waals surface area contributed by atoms with E-state index in [2.05, 4.69) is 11.9 Å². The van der Waals surface area contributed by atoms with Crippen LogP contribution in [0.15, 0.2) is 30.6 Å². The van der Waals surface area contributed by atoms with Gasteiger partial charge < -0.3 is 0 Å². The second-order valence-electron chi connectivity index (χ2n) is 3.75. The molecule has 1 nitrogen and oxygen atoms in total. The Morgan fingerprint density at radius 2 is 1.88 bits per heavy atom. The lowest BCUT2D eigenvalue weighted by molar-refractivity contribution is 0.732. The van der Waals surface area contributed by atoms with E-state index in [1.54, 1.807) is 12.4 Å². The van der Waals surface area contributed by atoms with Crippen LogP contribution in [-0.4, -0.2) is 4.98 Å². The summed E-state index contributed by atoms with van der Waals surface area (Å²) in [5, 5.41) is -0.186. The summed E-state index contributed by atoms with van der Waals surface area (Å²) >= 11 is 19.8. The van der Waals surface area contributed by atoms with Crippen molar-refractivity contribution in [2.24, 2.45) is 0 Å². The van der Waals surface area contributed by atoms with Gasteiger partial charge in [0.15, 0.2) is 0 Å². The Morgan fingerprint density at radius 1 is 1.24 bits per heavy atom. The topological polar surface area (TPSA) is 12.9 Å². The van der Waals surface area contributed by atoms with E-state index in [0.29, 0.717) is 8.67 Å². The lowest BCUT2D eigenvalue weighted by Gasteiger charge is -2.17. The molecule has 0 N–H and O–H groups in total. The first kappa shape index (κ1) is 13.2. The van der Waals surface area contributed by atoms with E-state index < -0.39 is 0 Å². The monoisotopic (exact) mass is 305 g/mol. The molecule has 0 spiro atoms. The molecule has 2 aromatic heterocycles. The number of halogens is 3. The van der Waals surface area contributed by atoms with Crippen LogP contribution < -0.4 is 0 Å².